The lowest BCUT2D eigenvalue weighted by Crippen LogP contribution is -2.20. The predicted molar refractivity (Wildman–Crippen MR) is 62.2 cm³/mol. The van der Waals surface area contributed by atoms with E-state index in [0.29, 0.717) is 6.54 Å². The van der Waals surface area contributed by atoms with Crippen LogP contribution >= 0.6 is 11.3 Å². The van der Waals surface area contributed by atoms with Crippen LogP contribution in [-0.4, -0.2) is 25.3 Å². The fourth-order valence-corrected chi connectivity index (χ4v) is 2.53. The van der Waals surface area contributed by atoms with Crippen molar-refractivity contribution in [3.8, 4) is 0 Å². The van der Waals surface area contributed by atoms with Gasteiger partial charge in [-0.05, 0) is 6.07 Å². The SMILES string of the molecule is CN(CCO)c1csc2ccccc12. The normalized spacial score (nSPS) is 10.7. The van der Waals surface area contributed by atoms with Crippen molar-refractivity contribution in [1.29, 1.82) is 0 Å². The number of rotatable bonds is 3. The van der Waals surface area contributed by atoms with Crippen molar-refractivity contribution in [3.63, 3.8) is 0 Å². The van der Waals surface area contributed by atoms with Gasteiger partial charge in [0.2, 0.25) is 0 Å². The Bertz CT molecular complexity index is 424. The lowest BCUT2D eigenvalue weighted by atomic mass is 10.2. The van der Waals surface area contributed by atoms with Gasteiger partial charge < -0.3 is 10.0 Å². The molecule has 0 aliphatic rings. The summed E-state index contributed by atoms with van der Waals surface area (Å²) in [5, 5.41) is 12.3. The number of hydrogen-bond acceptors (Lipinski definition) is 3. The molecule has 0 saturated carbocycles. The van der Waals surface area contributed by atoms with E-state index < -0.39 is 0 Å². The third-order valence-corrected chi connectivity index (χ3v) is 3.26. The van der Waals surface area contributed by atoms with Gasteiger partial charge >= 0.3 is 0 Å². The van der Waals surface area contributed by atoms with Crippen molar-refractivity contribution in [2.75, 3.05) is 25.1 Å². The van der Waals surface area contributed by atoms with Crippen LogP contribution in [-0.2, 0) is 0 Å². The fourth-order valence-electron chi connectivity index (χ4n) is 1.53. The minimum Gasteiger partial charge on any atom is -0.395 e. The maximum absolute atomic E-state index is 8.87. The Morgan fingerprint density at radius 2 is 2.14 bits per heavy atom. The molecule has 0 spiro atoms. The Morgan fingerprint density at radius 3 is 2.93 bits per heavy atom. The van der Waals surface area contributed by atoms with Gasteiger partial charge in [0.15, 0.2) is 0 Å². The number of nitrogens with zero attached hydrogens (tertiary/aromatic N) is 1. The van der Waals surface area contributed by atoms with Crippen molar-refractivity contribution in [3.05, 3.63) is 29.6 Å². The van der Waals surface area contributed by atoms with Gasteiger partial charge in [-0.15, -0.1) is 11.3 Å². The van der Waals surface area contributed by atoms with E-state index in [9.17, 15) is 0 Å². The molecular weight excluding hydrogens is 194 g/mol. The zero-order chi connectivity index (χ0) is 9.97. The number of aliphatic hydroxyl groups excluding tert-OH is 1. The molecule has 2 rings (SSSR count). The summed E-state index contributed by atoms with van der Waals surface area (Å²) >= 11 is 1.74. The summed E-state index contributed by atoms with van der Waals surface area (Å²) in [5.74, 6) is 0. The Morgan fingerprint density at radius 1 is 1.36 bits per heavy atom. The van der Waals surface area contributed by atoms with Gasteiger partial charge in [0.25, 0.3) is 0 Å². The zero-order valence-corrected chi connectivity index (χ0v) is 8.92. The molecule has 2 nitrogen and oxygen atoms in total. The molecule has 0 aliphatic carbocycles. The van der Waals surface area contributed by atoms with E-state index in [1.165, 1.54) is 15.8 Å². The van der Waals surface area contributed by atoms with Crippen molar-refractivity contribution in [2.45, 2.75) is 0 Å². The second-order valence-electron chi connectivity index (χ2n) is 3.26. The molecule has 0 atom stereocenters. The predicted octanol–water partition coefficient (Wildman–Crippen LogP) is 2.33. The van der Waals surface area contributed by atoms with Gasteiger partial charge in [-0.25, -0.2) is 0 Å². The van der Waals surface area contributed by atoms with Crippen LogP contribution in [0.25, 0.3) is 10.1 Å². The Hall–Kier alpha value is -1.06. The Labute approximate surface area is 87.4 Å². The lowest BCUT2D eigenvalue weighted by Gasteiger charge is -2.16. The average Bonchev–Trinajstić information content (AvgIpc) is 2.61. The van der Waals surface area contributed by atoms with Crippen molar-refractivity contribution in [2.24, 2.45) is 0 Å². The summed E-state index contributed by atoms with van der Waals surface area (Å²) in [6.45, 7) is 0.876. The van der Waals surface area contributed by atoms with Gasteiger partial charge in [0.05, 0.1) is 12.3 Å². The number of hydrogen-bond donors (Lipinski definition) is 1. The molecule has 0 unspecified atom stereocenters. The van der Waals surface area contributed by atoms with Crippen LogP contribution in [0.2, 0.25) is 0 Å². The maximum atomic E-state index is 8.87. The Kier molecular flexibility index (Phi) is 2.70. The van der Waals surface area contributed by atoms with E-state index in [1.807, 2.05) is 13.1 Å². The molecule has 2 aromatic rings. The third kappa shape index (κ3) is 1.61. The summed E-state index contributed by atoms with van der Waals surface area (Å²) in [7, 11) is 2.00. The van der Waals surface area contributed by atoms with E-state index in [4.69, 9.17) is 5.11 Å². The molecular formula is C11H13NOS. The smallest absolute Gasteiger partial charge is 0.0606 e. The molecule has 74 valence electrons. The van der Waals surface area contributed by atoms with Crippen LogP contribution in [0.3, 0.4) is 0 Å². The van der Waals surface area contributed by atoms with Crippen LogP contribution in [0.4, 0.5) is 5.69 Å². The first-order valence-corrected chi connectivity index (χ1v) is 5.49. The summed E-state index contributed by atoms with van der Waals surface area (Å²) in [5.41, 5.74) is 1.21. The van der Waals surface area contributed by atoms with Gasteiger partial charge in [-0.2, -0.15) is 0 Å². The van der Waals surface area contributed by atoms with Crippen molar-refractivity contribution in [1.82, 2.24) is 0 Å². The van der Waals surface area contributed by atoms with Crippen LogP contribution in [0.15, 0.2) is 29.6 Å². The van der Waals surface area contributed by atoms with Crippen LogP contribution in [0, 0.1) is 0 Å². The van der Waals surface area contributed by atoms with E-state index >= 15 is 0 Å². The molecule has 0 amide bonds. The van der Waals surface area contributed by atoms with Crippen molar-refractivity contribution < 1.29 is 5.11 Å². The maximum Gasteiger partial charge on any atom is 0.0606 e. The highest BCUT2D eigenvalue weighted by Gasteiger charge is 2.06. The minimum absolute atomic E-state index is 0.195. The van der Waals surface area contributed by atoms with E-state index in [1.54, 1.807) is 11.3 Å². The summed E-state index contributed by atoms with van der Waals surface area (Å²) in [4.78, 5) is 2.08. The van der Waals surface area contributed by atoms with Gasteiger partial charge in [-0.3, -0.25) is 0 Å². The Balaban J connectivity index is 2.42. The molecule has 0 fully saturated rings. The summed E-state index contributed by atoms with van der Waals surface area (Å²) < 4.78 is 1.30. The standard InChI is InChI=1S/C11H13NOS/c1-12(6-7-13)10-8-14-11-5-3-2-4-9(10)11/h2-5,8,13H,6-7H2,1H3. The highest BCUT2D eigenvalue weighted by atomic mass is 32.1. The third-order valence-electron chi connectivity index (χ3n) is 2.31. The molecule has 1 aromatic carbocycles. The molecule has 1 heterocycles. The number of aliphatic hydroxyl groups is 1. The summed E-state index contributed by atoms with van der Waals surface area (Å²) in [6.07, 6.45) is 0. The number of thiophene rings is 1. The summed E-state index contributed by atoms with van der Waals surface area (Å²) in [6, 6.07) is 8.34. The molecule has 1 aromatic heterocycles. The second-order valence-corrected chi connectivity index (χ2v) is 4.17. The molecule has 0 saturated heterocycles. The first kappa shape index (κ1) is 9.49. The fraction of sp³-hybridized carbons (Fsp3) is 0.273. The molecule has 0 radical (unpaired) electrons. The van der Waals surface area contributed by atoms with Gasteiger partial charge in [-0.1, -0.05) is 18.2 Å². The number of anilines is 1. The van der Waals surface area contributed by atoms with Crippen molar-refractivity contribution >= 4 is 27.1 Å². The number of benzene rings is 1. The monoisotopic (exact) mass is 207 g/mol. The van der Waals surface area contributed by atoms with E-state index in [-0.39, 0.29) is 6.61 Å². The lowest BCUT2D eigenvalue weighted by molar-refractivity contribution is 0.304. The highest BCUT2D eigenvalue weighted by molar-refractivity contribution is 7.17. The molecule has 0 bridgehead atoms. The number of likely N-dealkylation sites (N-methyl/N-ethyl adjacent to an activating group) is 1. The highest BCUT2D eigenvalue weighted by Crippen LogP contribution is 2.31. The van der Waals surface area contributed by atoms with E-state index in [2.05, 4.69) is 28.5 Å². The topological polar surface area (TPSA) is 23.5 Å². The minimum atomic E-state index is 0.195. The first-order chi connectivity index (χ1) is 6.83. The molecule has 0 aliphatic heterocycles. The largest absolute Gasteiger partial charge is 0.395 e. The number of fused-ring (bicyclic) bond motifs is 1. The molecule has 1 N–H and O–H groups in total. The average molecular weight is 207 g/mol. The second kappa shape index (κ2) is 3.98. The molecule has 14 heavy (non-hydrogen) atoms. The van der Waals surface area contributed by atoms with Crippen LogP contribution in [0.1, 0.15) is 0 Å². The quantitative estimate of drug-likeness (QED) is 0.835. The van der Waals surface area contributed by atoms with E-state index in [0.717, 1.165) is 0 Å². The first-order valence-electron chi connectivity index (χ1n) is 4.61. The van der Waals surface area contributed by atoms with Gasteiger partial charge in [0, 0.05) is 29.1 Å². The van der Waals surface area contributed by atoms with Crippen LogP contribution < -0.4 is 4.90 Å². The van der Waals surface area contributed by atoms with Gasteiger partial charge in [0.1, 0.15) is 0 Å². The molecule has 3 heteroatoms. The zero-order valence-electron chi connectivity index (χ0n) is 8.10. The van der Waals surface area contributed by atoms with Crippen LogP contribution in [0.5, 0.6) is 0 Å².